The fourth-order valence-electron chi connectivity index (χ4n) is 1.70. The molecule has 0 atom stereocenters. The van der Waals surface area contributed by atoms with Crippen LogP contribution in [0.1, 0.15) is 19.4 Å². The van der Waals surface area contributed by atoms with Gasteiger partial charge in [0.1, 0.15) is 0 Å². The van der Waals surface area contributed by atoms with Crippen LogP contribution in [0.2, 0.25) is 0 Å². The molecular formula is C14H20BrN3O2. The molecule has 3 N–H and O–H groups in total. The van der Waals surface area contributed by atoms with E-state index in [4.69, 9.17) is 5.73 Å². The first-order chi connectivity index (χ1) is 9.26. The lowest BCUT2D eigenvalue weighted by Crippen LogP contribution is -2.54. The smallest absolute Gasteiger partial charge is 0.243 e. The van der Waals surface area contributed by atoms with Crippen molar-refractivity contribution in [2.45, 2.75) is 25.9 Å². The number of primary amides is 1. The third-order valence-electron chi connectivity index (χ3n) is 3.08. The lowest BCUT2D eigenvalue weighted by molar-refractivity contribution is -0.140. The number of halogens is 1. The first kappa shape index (κ1) is 16.7. The molecule has 6 heteroatoms. The molecule has 1 aromatic rings. The molecule has 20 heavy (non-hydrogen) atoms. The van der Waals surface area contributed by atoms with Crippen LogP contribution >= 0.6 is 15.9 Å². The third kappa shape index (κ3) is 4.61. The van der Waals surface area contributed by atoms with Crippen molar-refractivity contribution in [2.75, 3.05) is 13.6 Å². The van der Waals surface area contributed by atoms with Crippen LogP contribution in [0.15, 0.2) is 28.7 Å². The number of benzene rings is 1. The maximum absolute atomic E-state index is 12.4. The van der Waals surface area contributed by atoms with Gasteiger partial charge in [-0.15, -0.1) is 0 Å². The van der Waals surface area contributed by atoms with Crippen molar-refractivity contribution in [1.29, 1.82) is 0 Å². The Labute approximate surface area is 127 Å². The van der Waals surface area contributed by atoms with E-state index in [1.165, 1.54) is 4.90 Å². The summed E-state index contributed by atoms with van der Waals surface area (Å²) >= 11 is 3.36. The molecule has 0 heterocycles. The van der Waals surface area contributed by atoms with Gasteiger partial charge in [0.25, 0.3) is 0 Å². The summed E-state index contributed by atoms with van der Waals surface area (Å²) in [6.07, 6.45) is 0. The van der Waals surface area contributed by atoms with E-state index in [-0.39, 0.29) is 12.5 Å². The largest absolute Gasteiger partial charge is 0.368 e. The molecule has 5 nitrogen and oxygen atoms in total. The molecule has 1 aromatic carbocycles. The molecule has 0 aliphatic heterocycles. The zero-order chi connectivity index (χ0) is 15.3. The minimum absolute atomic E-state index is 0.0972. The molecule has 0 saturated heterocycles. The lowest BCUT2D eigenvalue weighted by Gasteiger charge is -2.31. The molecule has 0 aromatic heterocycles. The Morgan fingerprint density at radius 2 is 1.85 bits per heavy atom. The fourth-order valence-corrected chi connectivity index (χ4v) is 1.96. The topological polar surface area (TPSA) is 75.4 Å². The van der Waals surface area contributed by atoms with Gasteiger partial charge in [-0.1, -0.05) is 28.1 Å². The van der Waals surface area contributed by atoms with Gasteiger partial charge < -0.3 is 16.0 Å². The number of carbonyl (C=O) groups excluding carboxylic acids is 2. The summed E-state index contributed by atoms with van der Waals surface area (Å²) < 4.78 is 0.963. The number of hydrogen-bond acceptors (Lipinski definition) is 3. The van der Waals surface area contributed by atoms with Crippen molar-refractivity contribution in [1.82, 2.24) is 10.2 Å². The van der Waals surface area contributed by atoms with Crippen LogP contribution in [0, 0.1) is 0 Å². The summed E-state index contributed by atoms with van der Waals surface area (Å²) in [7, 11) is 1.71. The number of nitrogens with one attached hydrogen (secondary N) is 1. The van der Waals surface area contributed by atoms with Crippen molar-refractivity contribution in [3.8, 4) is 0 Å². The van der Waals surface area contributed by atoms with Gasteiger partial charge in [-0.05, 0) is 38.6 Å². The highest BCUT2D eigenvalue weighted by molar-refractivity contribution is 9.10. The van der Waals surface area contributed by atoms with E-state index in [1.807, 2.05) is 24.3 Å². The Hall–Kier alpha value is -1.40. The number of carbonyl (C=O) groups is 2. The SMILES string of the molecule is CNC(C)(C)C(=O)N(CC(N)=O)Cc1ccc(Br)cc1. The molecule has 2 amide bonds. The lowest BCUT2D eigenvalue weighted by atomic mass is 10.0. The summed E-state index contributed by atoms with van der Waals surface area (Å²) in [4.78, 5) is 25.1. The minimum atomic E-state index is -0.745. The minimum Gasteiger partial charge on any atom is -0.368 e. The van der Waals surface area contributed by atoms with Gasteiger partial charge in [0.05, 0.1) is 12.1 Å². The number of nitrogens with zero attached hydrogens (tertiary/aromatic N) is 1. The second kappa shape index (κ2) is 6.85. The maximum atomic E-state index is 12.4. The van der Waals surface area contributed by atoms with Crippen molar-refractivity contribution >= 4 is 27.7 Å². The zero-order valence-corrected chi connectivity index (χ0v) is 13.5. The van der Waals surface area contributed by atoms with Crippen LogP contribution in [0.4, 0.5) is 0 Å². The molecule has 0 aliphatic carbocycles. The standard InChI is InChI=1S/C14H20BrN3O2/c1-14(2,17-3)13(20)18(9-12(16)19)8-10-4-6-11(15)7-5-10/h4-7,17H,8-9H2,1-3H3,(H2,16,19). The maximum Gasteiger partial charge on any atom is 0.243 e. The quantitative estimate of drug-likeness (QED) is 0.817. The second-order valence-electron chi connectivity index (χ2n) is 5.13. The average Bonchev–Trinajstić information content (AvgIpc) is 2.39. The normalized spacial score (nSPS) is 11.2. The number of rotatable bonds is 6. The van der Waals surface area contributed by atoms with Gasteiger partial charge >= 0.3 is 0 Å². The molecule has 0 aliphatic rings. The molecular weight excluding hydrogens is 322 g/mol. The molecule has 0 unspecified atom stereocenters. The molecule has 110 valence electrons. The zero-order valence-electron chi connectivity index (χ0n) is 11.9. The van der Waals surface area contributed by atoms with E-state index in [1.54, 1.807) is 20.9 Å². The summed E-state index contributed by atoms with van der Waals surface area (Å²) in [6, 6.07) is 7.59. The van der Waals surface area contributed by atoms with Crippen molar-refractivity contribution in [3.05, 3.63) is 34.3 Å². The highest BCUT2D eigenvalue weighted by Crippen LogP contribution is 2.15. The Kier molecular flexibility index (Phi) is 5.71. The van der Waals surface area contributed by atoms with E-state index in [2.05, 4.69) is 21.2 Å². The Morgan fingerprint density at radius 3 is 2.30 bits per heavy atom. The monoisotopic (exact) mass is 341 g/mol. The number of likely N-dealkylation sites (N-methyl/N-ethyl adjacent to an activating group) is 1. The highest BCUT2D eigenvalue weighted by atomic mass is 79.9. The van der Waals surface area contributed by atoms with Crippen molar-refractivity contribution in [2.24, 2.45) is 5.73 Å². The van der Waals surface area contributed by atoms with Crippen LogP contribution in [0.25, 0.3) is 0 Å². The predicted octanol–water partition coefficient (Wildman–Crippen LogP) is 1.26. The summed E-state index contributed by atoms with van der Waals surface area (Å²) in [5, 5.41) is 2.94. The van der Waals surface area contributed by atoms with E-state index in [0.717, 1.165) is 10.0 Å². The second-order valence-corrected chi connectivity index (χ2v) is 6.04. The molecule has 0 saturated carbocycles. The number of hydrogen-bond donors (Lipinski definition) is 2. The van der Waals surface area contributed by atoms with Gasteiger partial charge in [-0.25, -0.2) is 0 Å². The Bertz CT molecular complexity index is 486. The Morgan fingerprint density at radius 1 is 1.30 bits per heavy atom. The average molecular weight is 342 g/mol. The van der Waals surface area contributed by atoms with E-state index < -0.39 is 11.4 Å². The molecule has 0 radical (unpaired) electrons. The van der Waals surface area contributed by atoms with E-state index in [0.29, 0.717) is 6.54 Å². The van der Waals surface area contributed by atoms with Crippen LogP contribution in [-0.4, -0.2) is 35.8 Å². The Balaban J connectivity index is 2.92. The van der Waals surface area contributed by atoms with Gasteiger partial charge in [0, 0.05) is 11.0 Å². The van der Waals surface area contributed by atoms with Crippen LogP contribution in [0.3, 0.4) is 0 Å². The number of nitrogens with two attached hydrogens (primary N) is 1. The molecule has 0 bridgehead atoms. The predicted molar refractivity (Wildman–Crippen MR) is 81.9 cm³/mol. The number of amides is 2. The van der Waals surface area contributed by atoms with Crippen molar-refractivity contribution < 1.29 is 9.59 Å². The molecule has 0 fully saturated rings. The van der Waals surface area contributed by atoms with Gasteiger partial charge in [0.15, 0.2) is 0 Å². The summed E-state index contributed by atoms with van der Waals surface area (Å²) in [5.41, 5.74) is 5.43. The first-order valence-electron chi connectivity index (χ1n) is 6.27. The van der Waals surface area contributed by atoms with Gasteiger partial charge in [0.2, 0.25) is 11.8 Å². The van der Waals surface area contributed by atoms with Gasteiger partial charge in [-0.3, -0.25) is 9.59 Å². The fraction of sp³-hybridized carbons (Fsp3) is 0.429. The first-order valence-corrected chi connectivity index (χ1v) is 7.06. The van der Waals surface area contributed by atoms with Crippen LogP contribution in [0.5, 0.6) is 0 Å². The van der Waals surface area contributed by atoms with Crippen LogP contribution < -0.4 is 11.1 Å². The third-order valence-corrected chi connectivity index (χ3v) is 3.61. The van der Waals surface area contributed by atoms with Gasteiger partial charge in [-0.2, -0.15) is 0 Å². The van der Waals surface area contributed by atoms with Crippen LogP contribution in [-0.2, 0) is 16.1 Å². The van der Waals surface area contributed by atoms with E-state index >= 15 is 0 Å². The van der Waals surface area contributed by atoms with E-state index in [9.17, 15) is 9.59 Å². The molecule has 0 spiro atoms. The van der Waals surface area contributed by atoms with Crippen molar-refractivity contribution in [3.63, 3.8) is 0 Å². The highest BCUT2D eigenvalue weighted by Gasteiger charge is 2.31. The summed E-state index contributed by atoms with van der Waals surface area (Å²) in [6.45, 7) is 3.79. The molecule has 1 rings (SSSR count). The summed E-state index contributed by atoms with van der Waals surface area (Å²) in [5.74, 6) is -0.691.